The Balaban J connectivity index is 1.45. The number of rotatable bonds is 5. The van der Waals surface area contributed by atoms with Crippen molar-refractivity contribution < 1.29 is 14.4 Å². The molecule has 30 heavy (non-hydrogen) atoms. The number of carbonyl (C=O) groups excluding carboxylic acids is 3. The van der Waals surface area contributed by atoms with Crippen molar-refractivity contribution in [2.75, 3.05) is 5.32 Å². The molecule has 3 fully saturated rings. The quantitative estimate of drug-likeness (QED) is 0.487. The third kappa shape index (κ3) is 3.35. The molecule has 2 aromatic rings. The first-order valence-corrected chi connectivity index (χ1v) is 11.6. The molecule has 1 heterocycles. The lowest BCUT2D eigenvalue weighted by molar-refractivity contribution is -0.147. The molecule has 2 saturated carbocycles. The lowest BCUT2D eigenvalue weighted by Gasteiger charge is -2.27. The minimum atomic E-state index is -0.836. The first-order chi connectivity index (χ1) is 14.5. The predicted octanol–water partition coefficient (Wildman–Crippen LogP) is 3.87. The molecule has 1 N–H and O–H groups in total. The average Bonchev–Trinajstić information content (AvgIpc) is 3.43. The van der Waals surface area contributed by atoms with Crippen molar-refractivity contribution in [2.24, 2.45) is 23.7 Å². The highest BCUT2D eigenvalue weighted by molar-refractivity contribution is 14.1. The van der Waals surface area contributed by atoms with E-state index < -0.39 is 6.04 Å². The molecule has 5 atom stereocenters. The number of hydrogen-bond donors (Lipinski definition) is 1. The number of amides is 3. The number of hydrogen-bond acceptors (Lipinski definition) is 3. The second kappa shape index (κ2) is 7.80. The second-order valence-corrected chi connectivity index (χ2v) is 9.88. The van der Waals surface area contributed by atoms with Gasteiger partial charge in [-0.15, -0.1) is 0 Å². The minimum absolute atomic E-state index is 0.143. The molecule has 5 rings (SSSR count). The Morgan fingerprint density at radius 2 is 1.57 bits per heavy atom. The van der Waals surface area contributed by atoms with E-state index in [1.165, 1.54) is 4.90 Å². The normalized spacial score (nSPS) is 28.0. The zero-order valence-electron chi connectivity index (χ0n) is 16.5. The highest BCUT2D eigenvalue weighted by Crippen LogP contribution is 2.56. The van der Waals surface area contributed by atoms with Gasteiger partial charge in [0.25, 0.3) is 0 Å². The average molecular weight is 514 g/mol. The van der Waals surface area contributed by atoms with Gasteiger partial charge in [0.05, 0.1) is 11.8 Å². The largest absolute Gasteiger partial charge is 0.324 e. The van der Waals surface area contributed by atoms with Gasteiger partial charge in [-0.2, -0.15) is 0 Å². The molecular weight excluding hydrogens is 491 g/mol. The molecule has 0 spiro atoms. The van der Waals surface area contributed by atoms with Crippen LogP contribution in [0.5, 0.6) is 0 Å². The van der Waals surface area contributed by atoms with E-state index in [-0.39, 0.29) is 29.6 Å². The van der Waals surface area contributed by atoms with Crippen molar-refractivity contribution in [1.29, 1.82) is 0 Å². The first-order valence-electron chi connectivity index (χ1n) is 10.5. The molecule has 1 aliphatic heterocycles. The van der Waals surface area contributed by atoms with Crippen molar-refractivity contribution in [2.45, 2.75) is 31.7 Å². The third-order valence-corrected chi connectivity index (χ3v) is 7.68. The molecule has 6 heteroatoms. The van der Waals surface area contributed by atoms with Crippen molar-refractivity contribution in [1.82, 2.24) is 4.90 Å². The smallest absolute Gasteiger partial charge is 0.248 e. The van der Waals surface area contributed by atoms with E-state index in [9.17, 15) is 14.4 Å². The van der Waals surface area contributed by atoms with E-state index in [2.05, 4.69) is 27.9 Å². The molecule has 3 amide bonds. The molecule has 2 aliphatic carbocycles. The van der Waals surface area contributed by atoms with Gasteiger partial charge in [-0.05, 0) is 83.5 Å². The Labute approximate surface area is 189 Å². The van der Waals surface area contributed by atoms with Gasteiger partial charge in [0.1, 0.15) is 6.04 Å². The van der Waals surface area contributed by atoms with Crippen LogP contribution in [0.15, 0.2) is 54.6 Å². The minimum Gasteiger partial charge on any atom is -0.324 e. The van der Waals surface area contributed by atoms with Gasteiger partial charge in [-0.25, -0.2) is 0 Å². The number of carbonyl (C=O) groups is 3. The van der Waals surface area contributed by atoms with Crippen LogP contribution in [0.4, 0.5) is 5.69 Å². The molecular formula is C24H23IN2O3. The topological polar surface area (TPSA) is 66.5 Å². The Bertz CT molecular complexity index is 963. The van der Waals surface area contributed by atoms with E-state index in [0.717, 1.165) is 28.4 Å². The van der Waals surface area contributed by atoms with Crippen LogP contribution in [-0.2, 0) is 20.8 Å². The van der Waals surface area contributed by atoms with Gasteiger partial charge >= 0.3 is 0 Å². The van der Waals surface area contributed by atoms with Gasteiger partial charge in [0, 0.05) is 15.7 Å². The molecule has 5 nitrogen and oxygen atoms in total. The number of nitrogens with zero attached hydrogens (tertiary/aromatic N) is 1. The summed E-state index contributed by atoms with van der Waals surface area (Å²) in [4.78, 5) is 41.3. The summed E-state index contributed by atoms with van der Waals surface area (Å²) in [6, 6.07) is 16.3. The molecule has 3 aliphatic rings. The molecule has 0 radical (unpaired) electrons. The van der Waals surface area contributed by atoms with Gasteiger partial charge < -0.3 is 5.32 Å². The maximum absolute atomic E-state index is 13.3. The van der Waals surface area contributed by atoms with Crippen LogP contribution in [0.25, 0.3) is 0 Å². The standard InChI is InChI=1S/C24H23IN2O3/c25-17-8-10-18(11-9-17)26-22(28)19(12-14-4-2-1-3-5-14)27-23(29)20-15-6-7-16(13-15)21(20)24(27)30/h1-5,8-11,15-16,19-21H,6-7,12-13H2,(H,26,28)/t15-,16+,19-,20-,21+/m1/s1. The number of imide groups is 1. The van der Waals surface area contributed by atoms with Crippen LogP contribution >= 0.6 is 22.6 Å². The first kappa shape index (κ1) is 19.7. The number of nitrogens with one attached hydrogen (secondary N) is 1. The Hall–Kier alpha value is -2.22. The highest BCUT2D eigenvalue weighted by atomic mass is 127. The van der Waals surface area contributed by atoms with Crippen LogP contribution in [-0.4, -0.2) is 28.7 Å². The van der Waals surface area contributed by atoms with Crippen LogP contribution in [0.2, 0.25) is 0 Å². The third-order valence-electron chi connectivity index (χ3n) is 6.96. The zero-order chi connectivity index (χ0) is 20.8. The fraction of sp³-hybridized carbons (Fsp3) is 0.375. The van der Waals surface area contributed by atoms with Gasteiger partial charge in [-0.1, -0.05) is 30.3 Å². The summed E-state index contributed by atoms with van der Waals surface area (Å²) in [6.07, 6.45) is 3.36. The van der Waals surface area contributed by atoms with Crippen molar-refractivity contribution in [3.05, 3.63) is 63.7 Å². The number of anilines is 1. The lowest BCUT2D eigenvalue weighted by Crippen LogP contribution is -2.49. The number of benzene rings is 2. The fourth-order valence-electron chi connectivity index (χ4n) is 5.64. The summed E-state index contributed by atoms with van der Waals surface area (Å²) in [5.74, 6) is -0.432. The van der Waals surface area contributed by atoms with E-state index in [1.807, 2.05) is 54.6 Å². The van der Waals surface area contributed by atoms with Crippen molar-refractivity contribution in [3.8, 4) is 0 Å². The van der Waals surface area contributed by atoms with Crippen LogP contribution in [0.3, 0.4) is 0 Å². The maximum atomic E-state index is 13.3. The zero-order valence-corrected chi connectivity index (χ0v) is 18.6. The van der Waals surface area contributed by atoms with Crippen molar-refractivity contribution >= 4 is 46.0 Å². The molecule has 2 aromatic carbocycles. The van der Waals surface area contributed by atoms with Gasteiger partial charge in [0.2, 0.25) is 17.7 Å². The van der Waals surface area contributed by atoms with Crippen LogP contribution < -0.4 is 5.32 Å². The summed E-state index contributed by atoms with van der Waals surface area (Å²) in [6.45, 7) is 0. The Morgan fingerprint density at radius 3 is 2.17 bits per heavy atom. The summed E-state index contributed by atoms with van der Waals surface area (Å²) in [5.41, 5.74) is 1.60. The summed E-state index contributed by atoms with van der Waals surface area (Å²) in [5, 5.41) is 2.92. The molecule has 0 aromatic heterocycles. The summed E-state index contributed by atoms with van der Waals surface area (Å²) < 4.78 is 1.07. The van der Waals surface area contributed by atoms with E-state index in [0.29, 0.717) is 23.9 Å². The van der Waals surface area contributed by atoms with Gasteiger partial charge in [0.15, 0.2) is 0 Å². The summed E-state index contributed by atoms with van der Waals surface area (Å²) >= 11 is 2.21. The number of likely N-dealkylation sites (tertiary alicyclic amines) is 1. The fourth-order valence-corrected chi connectivity index (χ4v) is 6.00. The summed E-state index contributed by atoms with van der Waals surface area (Å²) in [7, 11) is 0. The second-order valence-electron chi connectivity index (χ2n) is 8.63. The number of fused-ring (bicyclic) bond motifs is 5. The van der Waals surface area contributed by atoms with Crippen molar-refractivity contribution in [3.63, 3.8) is 0 Å². The monoisotopic (exact) mass is 514 g/mol. The molecule has 2 bridgehead atoms. The maximum Gasteiger partial charge on any atom is 0.248 e. The number of halogens is 1. The van der Waals surface area contributed by atoms with E-state index >= 15 is 0 Å². The predicted molar refractivity (Wildman–Crippen MR) is 121 cm³/mol. The molecule has 154 valence electrons. The SMILES string of the molecule is O=C(Nc1ccc(I)cc1)[C@@H](Cc1ccccc1)N1C(=O)[C@@H]2[C@@H]3CC[C@@H](C3)[C@@H]2C1=O. The van der Waals surface area contributed by atoms with E-state index in [4.69, 9.17) is 0 Å². The highest BCUT2D eigenvalue weighted by Gasteiger charge is 2.62. The molecule has 0 unspecified atom stereocenters. The van der Waals surface area contributed by atoms with E-state index in [1.54, 1.807) is 0 Å². The molecule has 1 saturated heterocycles. The Morgan fingerprint density at radius 1 is 0.967 bits per heavy atom. The Kier molecular flexibility index (Phi) is 5.13. The lowest BCUT2D eigenvalue weighted by atomic mass is 9.81. The van der Waals surface area contributed by atoms with Crippen LogP contribution in [0, 0.1) is 27.2 Å². The van der Waals surface area contributed by atoms with Gasteiger partial charge in [-0.3, -0.25) is 19.3 Å². The van der Waals surface area contributed by atoms with Crippen LogP contribution in [0.1, 0.15) is 24.8 Å².